The number of nitrogens with one attached hydrogen (secondary N) is 2. The van der Waals surface area contributed by atoms with Gasteiger partial charge in [0.25, 0.3) is 0 Å². The maximum absolute atomic E-state index is 13.0. The number of aliphatic hydroxyl groups is 1. The van der Waals surface area contributed by atoms with Gasteiger partial charge in [0.1, 0.15) is 6.33 Å². The van der Waals surface area contributed by atoms with Gasteiger partial charge in [-0.2, -0.15) is 0 Å². The Morgan fingerprint density at radius 2 is 1.89 bits per heavy atom. The SMILES string of the molecule is COC/C(=C/C(O)OC)c1ccc(N(CC(C)C)C2CCCCC2)c(NC(=O)Nc2cncnc2)c1. The molecule has 1 atom stereocenters. The average molecular weight is 498 g/mol. The number of carbonyl (C=O) groups excluding carboxylic acids is 1. The smallest absolute Gasteiger partial charge is 0.323 e. The second kappa shape index (κ2) is 13.9. The van der Waals surface area contributed by atoms with Crippen molar-refractivity contribution in [1.29, 1.82) is 0 Å². The third-order valence-electron chi connectivity index (χ3n) is 6.21. The largest absolute Gasteiger partial charge is 0.380 e. The summed E-state index contributed by atoms with van der Waals surface area (Å²) in [6, 6.07) is 6.02. The Morgan fingerprint density at radius 3 is 2.53 bits per heavy atom. The molecule has 0 aliphatic heterocycles. The Hall–Kier alpha value is -3.01. The minimum atomic E-state index is -1.06. The van der Waals surface area contributed by atoms with E-state index >= 15 is 0 Å². The molecule has 0 radical (unpaired) electrons. The Morgan fingerprint density at radius 1 is 1.17 bits per heavy atom. The number of aromatic nitrogens is 2. The molecule has 36 heavy (non-hydrogen) atoms. The van der Waals surface area contributed by atoms with Crippen molar-refractivity contribution in [1.82, 2.24) is 9.97 Å². The van der Waals surface area contributed by atoms with Gasteiger partial charge in [-0.1, -0.05) is 39.2 Å². The van der Waals surface area contributed by atoms with E-state index in [1.807, 2.05) is 12.1 Å². The van der Waals surface area contributed by atoms with E-state index < -0.39 is 6.29 Å². The summed E-state index contributed by atoms with van der Waals surface area (Å²) in [4.78, 5) is 23.4. The van der Waals surface area contributed by atoms with Crippen molar-refractivity contribution in [2.75, 3.05) is 42.9 Å². The molecule has 0 saturated heterocycles. The van der Waals surface area contributed by atoms with Gasteiger partial charge in [0.05, 0.1) is 36.1 Å². The van der Waals surface area contributed by atoms with E-state index in [-0.39, 0.29) is 12.6 Å². The lowest BCUT2D eigenvalue weighted by molar-refractivity contribution is -0.0355. The van der Waals surface area contributed by atoms with E-state index in [4.69, 9.17) is 9.47 Å². The summed E-state index contributed by atoms with van der Waals surface area (Å²) < 4.78 is 10.4. The van der Waals surface area contributed by atoms with Gasteiger partial charge in [0, 0.05) is 26.8 Å². The second-order valence-corrected chi connectivity index (χ2v) is 9.53. The zero-order chi connectivity index (χ0) is 25.9. The van der Waals surface area contributed by atoms with E-state index in [2.05, 4.69) is 45.4 Å². The van der Waals surface area contributed by atoms with Crippen LogP contribution in [0.25, 0.3) is 5.57 Å². The lowest BCUT2D eigenvalue weighted by Gasteiger charge is -2.38. The van der Waals surface area contributed by atoms with Crippen molar-refractivity contribution in [3.8, 4) is 0 Å². The Balaban J connectivity index is 2.01. The number of benzene rings is 1. The molecule has 3 N–H and O–H groups in total. The summed E-state index contributed by atoms with van der Waals surface area (Å²) in [6.07, 6.45) is 11.0. The zero-order valence-corrected chi connectivity index (χ0v) is 21.7. The summed E-state index contributed by atoms with van der Waals surface area (Å²) in [6.45, 7) is 5.59. The molecular weight excluding hydrogens is 458 g/mol. The molecule has 1 aliphatic carbocycles. The number of anilines is 3. The van der Waals surface area contributed by atoms with Crippen molar-refractivity contribution in [2.24, 2.45) is 5.92 Å². The quantitative estimate of drug-likeness (QED) is 0.379. The third-order valence-corrected chi connectivity index (χ3v) is 6.21. The van der Waals surface area contributed by atoms with Crippen LogP contribution >= 0.6 is 0 Å². The normalized spacial score (nSPS) is 15.6. The minimum absolute atomic E-state index is 0.283. The first-order chi connectivity index (χ1) is 17.4. The minimum Gasteiger partial charge on any atom is -0.380 e. The number of urea groups is 1. The van der Waals surface area contributed by atoms with Crippen LogP contribution < -0.4 is 15.5 Å². The highest BCUT2D eigenvalue weighted by Gasteiger charge is 2.25. The number of methoxy groups -OCH3 is 2. The van der Waals surface area contributed by atoms with E-state index in [9.17, 15) is 9.90 Å². The summed E-state index contributed by atoms with van der Waals surface area (Å²) >= 11 is 0. The first-order valence-electron chi connectivity index (χ1n) is 12.6. The molecule has 1 aromatic heterocycles. The standard InChI is InChI=1S/C27H39N5O4/c1-19(2)16-32(23-8-6-5-7-9-23)25-11-10-20(21(17-35-3)13-26(33)36-4)12-24(25)31-27(34)30-22-14-28-18-29-15-22/h10-15,18-19,23,26,33H,5-9,16-17H2,1-4H3,(H2,30,31,34)/b21-13-. The summed E-state index contributed by atoms with van der Waals surface area (Å²) in [5, 5.41) is 15.9. The molecule has 2 aromatic rings. The molecule has 1 saturated carbocycles. The lowest BCUT2D eigenvalue weighted by atomic mass is 9.92. The van der Waals surface area contributed by atoms with Crippen LogP contribution in [0.4, 0.5) is 21.9 Å². The van der Waals surface area contributed by atoms with E-state index in [1.165, 1.54) is 32.7 Å². The van der Waals surface area contributed by atoms with Gasteiger partial charge in [0.2, 0.25) is 0 Å². The second-order valence-electron chi connectivity index (χ2n) is 9.53. The van der Waals surface area contributed by atoms with Crippen LogP contribution in [-0.4, -0.2) is 60.8 Å². The predicted octanol–water partition coefficient (Wildman–Crippen LogP) is 4.91. The fourth-order valence-corrected chi connectivity index (χ4v) is 4.59. The molecule has 2 amide bonds. The van der Waals surface area contributed by atoms with Gasteiger partial charge in [-0.25, -0.2) is 14.8 Å². The highest BCUT2D eigenvalue weighted by Crippen LogP contribution is 2.35. The summed E-state index contributed by atoms with van der Waals surface area (Å²) in [5.74, 6) is 0.454. The van der Waals surface area contributed by atoms with Crippen LogP contribution in [0.1, 0.15) is 51.5 Å². The summed E-state index contributed by atoms with van der Waals surface area (Å²) in [5.41, 5.74) is 3.74. The van der Waals surface area contributed by atoms with Gasteiger partial charge in [-0.15, -0.1) is 0 Å². The molecular formula is C27H39N5O4. The van der Waals surface area contributed by atoms with Crippen LogP contribution in [0.15, 0.2) is 43.0 Å². The Bertz CT molecular complexity index is 993. The number of hydrogen-bond donors (Lipinski definition) is 3. The molecule has 1 heterocycles. The van der Waals surface area contributed by atoms with E-state index in [0.717, 1.165) is 36.2 Å². The number of hydrogen-bond acceptors (Lipinski definition) is 7. The van der Waals surface area contributed by atoms with E-state index in [0.29, 0.717) is 23.3 Å². The van der Waals surface area contributed by atoms with Crippen LogP contribution in [0.3, 0.4) is 0 Å². The number of rotatable bonds is 11. The third kappa shape index (κ3) is 8.01. The highest BCUT2D eigenvalue weighted by molar-refractivity contribution is 6.02. The average Bonchev–Trinajstić information content (AvgIpc) is 2.88. The van der Waals surface area contributed by atoms with Gasteiger partial charge in [-0.3, -0.25) is 0 Å². The molecule has 0 bridgehead atoms. The van der Waals surface area contributed by atoms with Crippen molar-refractivity contribution < 1.29 is 19.4 Å². The topological polar surface area (TPSA) is 109 Å². The Labute approximate surface area is 213 Å². The van der Waals surface area contributed by atoms with Crippen molar-refractivity contribution in [3.63, 3.8) is 0 Å². The fourth-order valence-electron chi connectivity index (χ4n) is 4.59. The van der Waals surface area contributed by atoms with Crippen LogP contribution in [0, 0.1) is 5.92 Å². The molecule has 1 aromatic carbocycles. The first-order valence-corrected chi connectivity index (χ1v) is 12.6. The Kier molecular flexibility index (Phi) is 10.7. The van der Waals surface area contributed by atoms with Crippen LogP contribution in [0.2, 0.25) is 0 Å². The number of aliphatic hydroxyl groups excluding tert-OH is 1. The maximum atomic E-state index is 13.0. The molecule has 9 nitrogen and oxygen atoms in total. The molecule has 1 fully saturated rings. The predicted molar refractivity (Wildman–Crippen MR) is 143 cm³/mol. The number of carbonyl (C=O) groups is 1. The van der Waals surface area contributed by atoms with Crippen molar-refractivity contribution in [2.45, 2.75) is 58.3 Å². The molecule has 1 unspecified atom stereocenters. The van der Waals surface area contributed by atoms with Crippen LogP contribution in [0.5, 0.6) is 0 Å². The van der Waals surface area contributed by atoms with Gasteiger partial charge < -0.3 is 30.1 Å². The first kappa shape index (κ1) is 27.6. The lowest BCUT2D eigenvalue weighted by Crippen LogP contribution is -2.40. The molecule has 0 spiro atoms. The fraction of sp³-hybridized carbons (Fsp3) is 0.519. The monoisotopic (exact) mass is 497 g/mol. The zero-order valence-electron chi connectivity index (χ0n) is 21.7. The highest BCUT2D eigenvalue weighted by atomic mass is 16.6. The van der Waals surface area contributed by atoms with E-state index in [1.54, 1.807) is 25.6 Å². The van der Waals surface area contributed by atoms with Gasteiger partial charge in [0.15, 0.2) is 6.29 Å². The number of ether oxygens (including phenoxy) is 2. The van der Waals surface area contributed by atoms with Crippen LogP contribution in [-0.2, 0) is 9.47 Å². The summed E-state index contributed by atoms with van der Waals surface area (Å²) in [7, 11) is 3.04. The molecule has 1 aliphatic rings. The molecule has 9 heteroatoms. The molecule has 196 valence electrons. The van der Waals surface area contributed by atoms with Crippen molar-refractivity contribution in [3.05, 3.63) is 48.6 Å². The van der Waals surface area contributed by atoms with Crippen molar-refractivity contribution >= 4 is 28.7 Å². The number of nitrogens with zero attached hydrogens (tertiary/aromatic N) is 3. The molecule has 3 rings (SSSR count). The maximum Gasteiger partial charge on any atom is 0.323 e. The number of amides is 2. The van der Waals surface area contributed by atoms with Gasteiger partial charge >= 0.3 is 6.03 Å². The van der Waals surface area contributed by atoms with Gasteiger partial charge in [-0.05, 0) is 48.1 Å².